The third kappa shape index (κ3) is 3.94. The summed E-state index contributed by atoms with van der Waals surface area (Å²) in [6.45, 7) is 6.23. The van der Waals surface area contributed by atoms with Crippen molar-refractivity contribution < 1.29 is 4.79 Å². The normalized spacial score (nSPS) is 12.2. The van der Waals surface area contributed by atoms with Crippen molar-refractivity contribution in [2.24, 2.45) is 0 Å². The van der Waals surface area contributed by atoms with Gasteiger partial charge in [0.25, 0.3) is 0 Å². The maximum Gasteiger partial charge on any atom is 0.225 e. The van der Waals surface area contributed by atoms with Crippen molar-refractivity contribution in [3.8, 4) is 0 Å². The first-order chi connectivity index (χ1) is 9.58. The number of carbonyl (C=O) groups is 1. The number of hydrogen-bond donors (Lipinski definition) is 1. The quantitative estimate of drug-likeness (QED) is 0.883. The van der Waals surface area contributed by atoms with Crippen LogP contribution in [-0.2, 0) is 17.6 Å². The molecule has 0 aliphatic heterocycles. The lowest BCUT2D eigenvalue weighted by molar-refractivity contribution is -0.121. The highest BCUT2D eigenvalue weighted by Gasteiger charge is 2.10. The molecule has 20 heavy (non-hydrogen) atoms. The van der Waals surface area contributed by atoms with E-state index in [0.717, 1.165) is 16.9 Å². The molecule has 3 heteroatoms. The van der Waals surface area contributed by atoms with Crippen LogP contribution in [-0.4, -0.2) is 5.91 Å². The van der Waals surface area contributed by atoms with Crippen molar-refractivity contribution in [2.75, 3.05) is 0 Å². The molecular weight excluding hydrogens is 266 g/mol. The standard InChI is InChI=1S/C17H21NOS/c1-4-14-6-8-15(9-7-14)13(3)18-17(19)11-16-10-5-12(2)20-16/h5-10,13H,4,11H2,1-3H3,(H,18,19)/t13-/m0/s1. The minimum atomic E-state index is 0.0504. The molecule has 1 aromatic carbocycles. The number of nitrogens with one attached hydrogen (secondary N) is 1. The lowest BCUT2D eigenvalue weighted by Crippen LogP contribution is -2.27. The van der Waals surface area contributed by atoms with Crippen molar-refractivity contribution in [1.82, 2.24) is 5.32 Å². The van der Waals surface area contributed by atoms with Gasteiger partial charge < -0.3 is 5.32 Å². The van der Waals surface area contributed by atoms with E-state index in [4.69, 9.17) is 0 Å². The molecule has 1 amide bonds. The Hall–Kier alpha value is -1.61. The summed E-state index contributed by atoms with van der Waals surface area (Å²) in [5.74, 6) is 0.0823. The van der Waals surface area contributed by atoms with Crippen LogP contribution in [0.2, 0.25) is 0 Å². The molecule has 106 valence electrons. The fourth-order valence-corrected chi connectivity index (χ4v) is 3.05. The number of thiophene rings is 1. The molecule has 0 saturated heterocycles. The summed E-state index contributed by atoms with van der Waals surface area (Å²) in [7, 11) is 0. The van der Waals surface area contributed by atoms with Crippen molar-refractivity contribution >= 4 is 17.2 Å². The predicted molar refractivity (Wildman–Crippen MR) is 85.1 cm³/mol. The zero-order valence-corrected chi connectivity index (χ0v) is 13.1. The van der Waals surface area contributed by atoms with Gasteiger partial charge in [-0.15, -0.1) is 11.3 Å². The number of aryl methyl sites for hydroxylation is 2. The Kier molecular flexibility index (Phi) is 4.96. The molecule has 2 rings (SSSR count). The average molecular weight is 287 g/mol. The van der Waals surface area contributed by atoms with Crippen LogP contribution in [0.25, 0.3) is 0 Å². The first kappa shape index (κ1) is 14.8. The number of carbonyl (C=O) groups excluding carboxylic acids is 1. The van der Waals surface area contributed by atoms with Crippen molar-refractivity contribution in [2.45, 2.75) is 39.7 Å². The van der Waals surface area contributed by atoms with E-state index in [-0.39, 0.29) is 11.9 Å². The van der Waals surface area contributed by atoms with E-state index in [1.54, 1.807) is 11.3 Å². The highest BCUT2D eigenvalue weighted by Crippen LogP contribution is 2.17. The van der Waals surface area contributed by atoms with Crippen molar-refractivity contribution in [1.29, 1.82) is 0 Å². The van der Waals surface area contributed by atoms with Crippen LogP contribution in [0.3, 0.4) is 0 Å². The number of hydrogen-bond acceptors (Lipinski definition) is 2. The summed E-state index contributed by atoms with van der Waals surface area (Å²) in [6, 6.07) is 12.6. The van der Waals surface area contributed by atoms with E-state index in [2.05, 4.69) is 49.5 Å². The molecule has 0 unspecified atom stereocenters. The van der Waals surface area contributed by atoms with E-state index < -0.39 is 0 Å². The van der Waals surface area contributed by atoms with Gasteiger partial charge in [-0.25, -0.2) is 0 Å². The summed E-state index contributed by atoms with van der Waals surface area (Å²) < 4.78 is 0. The van der Waals surface area contributed by atoms with Gasteiger partial charge in [0.05, 0.1) is 12.5 Å². The lowest BCUT2D eigenvalue weighted by Gasteiger charge is -2.14. The molecule has 0 aliphatic rings. The first-order valence-electron chi connectivity index (χ1n) is 7.02. The minimum absolute atomic E-state index is 0.0504. The third-order valence-electron chi connectivity index (χ3n) is 3.40. The van der Waals surface area contributed by atoms with E-state index >= 15 is 0 Å². The maximum atomic E-state index is 12.0. The van der Waals surface area contributed by atoms with Gasteiger partial charge in [0.2, 0.25) is 5.91 Å². The summed E-state index contributed by atoms with van der Waals surface area (Å²) >= 11 is 1.68. The van der Waals surface area contributed by atoms with Gasteiger partial charge >= 0.3 is 0 Å². The van der Waals surface area contributed by atoms with Crippen LogP contribution in [0.4, 0.5) is 0 Å². The first-order valence-corrected chi connectivity index (χ1v) is 7.83. The Bertz CT molecular complexity index is 571. The molecule has 1 atom stereocenters. The molecule has 0 saturated carbocycles. The molecule has 0 bridgehead atoms. The fraction of sp³-hybridized carbons (Fsp3) is 0.353. The molecule has 0 radical (unpaired) electrons. The van der Waals surface area contributed by atoms with Gasteiger partial charge in [-0.1, -0.05) is 31.2 Å². The largest absolute Gasteiger partial charge is 0.349 e. The number of amides is 1. The maximum absolute atomic E-state index is 12.0. The number of benzene rings is 1. The lowest BCUT2D eigenvalue weighted by atomic mass is 10.0. The van der Waals surface area contributed by atoms with E-state index in [1.807, 2.05) is 13.0 Å². The highest BCUT2D eigenvalue weighted by atomic mass is 32.1. The molecule has 2 nitrogen and oxygen atoms in total. The Labute approximate surface area is 124 Å². The highest BCUT2D eigenvalue weighted by molar-refractivity contribution is 7.12. The monoisotopic (exact) mass is 287 g/mol. The SMILES string of the molecule is CCc1ccc([C@H](C)NC(=O)Cc2ccc(C)s2)cc1. The Morgan fingerprint density at radius 2 is 1.90 bits per heavy atom. The van der Waals surface area contributed by atoms with E-state index in [1.165, 1.54) is 10.4 Å². The second kappa shape index (κ2) is 6.71. The molecule has 1 aromatic heterocycles. The fourth-order valence-electron chi connectivity index (χ4n) is 2.16. The predicted octanol–water partition coefficient (Wildman–Crippen LogP) is 4.04. The third-order valence-corrected chi connectivity index (χ3v) is 4.40. The molecular formula is C17H21NOS. The van der Waals surface area contributed by atoms with Gasteiger partial charge in [0.1, 0.15) is 0 Å². The molecule has 0 spiro atoms. The van der Waals surface area contributed by atoms with Crippen LogP contribution in [0.5, 0.6) is 0 Å². The second-order valence-electron chi connectivity index (χ2n) is 5.07. The zero-order valence-electron chi connectivity index (χ0n) is 12.3. The van der Waals surface area contributed by atoms with Gasteiger partial charge in [0.15, 0.2) is 0 Å². The van der Waals surface area contributed by atoms with Crippen LogP contribution in [0, 0.1) is 6.92 Å². The van der Waals surface area contributed by atoms with Gasteiger partial charge in [-0.2, -0.15) is 0 Å². The Balaban J connectivity index is 1.92. The van der Waals surface area contributed by atoms with Gasteiger partial charge in [-0.3, -0.25) is 4.79 Å². The topological polar surface area (TPSA) is 29.1 Å². The second-order valence-corrected chi connectivity index (χ2v) is 6.45. The molecule has 1 heterocycles. The minimum Gasteiger partial charge on any atom is -0.349 e. The van der Waals surface area contributed by atoms with Crippen molar-refractivity contribution in [3.05, 3.63) is 57.3 Å². The molecule has 0 fully saturated rings. The zero-order chi connectivity index (χ0) is 14.5. The van der Waals surface area contributed by atoms with Crippen LogP contribution in [0.15, 0.2) is 36.4 Å². The Morgan fingerprint density at radius 1 is 1.20 bits per heavy atom. The average Bonchev–Trinajstić information content (AvgIpc) is 2.84. The molecule has 2 aromatic rings. The summed E-state index contributed by atoms with van der Waals surface area (Å²) in [5, 5.41) is 3.06. The van der Waals surface area contributed by atoms with E-state index in [0.29, 0.717) is 6.42 Å². The van der Waals surface area contributed by atoms with Crippen LogP contribution < -0.4 is 5.32 Å². The van der Waals surface area contributed by atoms with Crippen molar-refractivity contribution in [3.63, 3.8) is 0 Å². The molecule has 1 N–H and O–H groups in total. The van der Waals surface area contributed by atoms with Crippen LogP contribution in [0.1, 0.15) is 40.8 Å². The Morgan fingerprint density at radius 3 is 2.45 bits per heavy atom. The van der Waals surface area contributed by atoms with Gasteiger partial charge in [-0.05, 0) is 43.5 Å². The summed E-state index contributed by atoms with van der Waals surface area (Å²) in [5.41, 5.74) is 2.47. The van der Waals surface area contributed by atoms with Crippen LogP contribution >= 0.6 is 11.3 Å². The summed E-state index contributed by atoms with van der Waals surface area (Å²) in [4.78, 5) is 14.4. The van der Waals surface area contributed by atoms with Gasteiger partial charge in [0, 0.05) is 9.75 Å². The number of rotatable bonds is 5. The summed E-state index contributed by atoms with van der Waals surface area (Å²) in [6.07, 6.45) is 1.51. The smallest absolute Gasteiger partial charge is 0.225 e. The molecule has 0 aliphatic carbocycles. The van der Waals surface area contributed by atoms with E-state index in [9.17, 15) is 4.79 Å².